The van der Waals surface area contributed by atoms with Gasteiger partial charge in [-0.05, 0) is 40.2 Å². The average molecular weight is 593 g/mol. The summed E-state index contributed by atoms with van der Waals surface area (Å²) in [5.41, 5.74) is 2.05. The van der Waals surface area contributed by atoms with Crippen LogP contribution in [0.5, 0.6) is 5.75 Å². The fourth-order valence-electron chi connectivity index (χ4n) is 2.32. The molecular weight excluding hydrogens is 580 g/mol. The third-order valence-corrected chi connectivity index (χ3v) is 5.59. The van der Waals surface area contributed by atoms with Crippen molar-refractivity contribution in [2.24, 2.45) is 10.1 Å². The quantitative estimate of drug-likeness (QED) is 0.252. The summed E-state index contributed by atoms with van der Waals surface area (Å²) in [4.78, 5) is 15.3. The number of aromatic nitrogens is 1. The summed E-state index contributed by atoms with van der Waals surface area (Å²) in [6.07, 6.45) is 1.53. The van der Waals surface area contributed by atoms with E-state index < -0.39 is 4.92 Å². The highest BCUT2D eigenvalue weighted by atomic mass is 79.9. The monoisotopic (exact) mass is 590 g/mol. The van der Waals surface area contributed by atoms with Crippen LogP contribution in [0.1, 0.15) is 5.56 Å². The first-order valence-corrected chi connectivity index (χ1v) is 9.98. The number of non-ortho nitro benzene ring substituents is 1. The lowest BCUT2D eigenvalue weighted by Gasteiger charge is -2.05. The zero-order chi connectivity index (χ0) is 19.6. The first-order valence-electron chi connectivity index (χ1n) is 7.51. The molecule has 0 atom stereocenters. The third kappa shape index (κ3) is 4.77. The second-order valence-electron chi connectivity index (χ2n) is 5.31. The molecule has 1 aromatic heterocycles. The molecule has 0 saturated heterocycles. The second-order valence-corrected chi connectivity index (χ2v) is 7.92. The Kier molecular flexibility index (Phi) is 7.70. The van der Waals surface area contributed by atoms with E-state index in [1.807, 2.05) is 5.38 Å². The molecule has 11 heteroatoms. The number of nitro groups is 1. The highest BCUT2D eigenvalue weighted by Crippen LogP contribution is 2.31. The number of nitrogens with zero attached hydrogens (tertiary/aromatic N) is 4. The van der Waals surface area contributed by atoms with Gasteiger partial charge in [0.1, 0.15) is 5.75 Å². The summed E-state index contributed by atoms with van der Waals surface area (Å²) in [5, 5.41) is 27.4. The molecular formula is C17H13Br3N4O3S. The number of rotatable bonds is 4. The Morgan fingerprint density at radius 2 is 1.93 bits per heavy atom. The SMILES string of the molecule is Br.CN=c1scc(-c2ccc([N+](=O)[O-])cc2)n1N=Cc1cc(Br)cc(Br)c1O. The number of phenolic OH excluding ortho intramolecular Hbond substituents is 1. The topological polar surface area (TPSA) is 93.0 Å². The van der Waals surface area contributed by atoms with Gasteiger partial charge in [-0.15, -0.1) is 28.3 Å². The molecule has 0 saturated carbocycles. The minimum atomic E-state index is -0.440. The number of thiazole rings is 1. The maximum absolute atomic E-state index is 10.8. The van der Waals surface area contributed by atoms with Crippen molar-refractivity contribution in [1.82, 2.24) is 4.68 Å². The smallest absolute Gasteiger partial charge is 0.269 e. The molecule has 0 spiro atoms. The van der Waals surface area contributed by atoms with Gasteiger partial charge in [0.25, 0.3) is 5.69 Å². The number of nitro benzene ring substituents is 1. The molecule has 0 unspecified atom stereocenters. The predicted octanol–water partition coefficient (Wildman–Crippen LogP) is 5.35. The molecule has 0 aliphatic carbocycles. The van der Waals surface area contributed by atoms with E-state index in [-0.39, 0.29) is 28.4 Å². The molecule has 146 valence electrons. The lowest BCUT2D eigenvalue weighted by atomic mass is 10.1. The number of aromatic hydroxyl groups is 1. The van der Waals surface area contributed by atoms with Crippen molar-refractivity contribution in [3.63, 3.8) is 0 Å². The van der Waals surface area contributed by atoms with E-state index >= 15 is 0 Å². The minimum Gasteiger partial charge on any atom is -0.506 e. The van der Waals surface area contributed by atoms with Crippen molar-refractivity contribution < 1.29 is 10.0 Å². The van der Waals surface area contributed by atoms with Gasteiger partial charge in [-0.2, -0.15) is 5.10 Å². The van der Waals surface area contributed by atoms with Crippen LogP contribution in [0.25, 0.3) is 11.3 Å². The zero-order valence-electron chi connectivity index (χ0n) is 14.2. The van der Waals surface area contributed by atoms with Gasteiger partial charge >= 0.3 is 0 Å². The van der Waals surface area contributed by atoms with Crippen molar-refractivity contribution in [2.75, 3.05) is 7.05 Å². The molecule has 7 nitrogen and oxygen atoms in total. The zero-order valence-corrected chi connectivity index (χ0v) is 19.9. The lowest BCUT2D eigenvalue weighted by molar-refractivity contribution is -0.384. The number of halogens is 3. The summed E-state index contributed by atoms with van der Waals surface area (Å²) in [6.45, 7) is 0. The highest BCUT2D eigenvalue weighted by molar-refractivity contribution is 9.11. The summed E-state index contributed by atoms with van der Waals surface area (Å²) >= 11 is 8.07. The molecule has 2 aromatic carbocycles. The number of phenols is 1. The maximum Gasteiger partial charge on any atom is 0.269 e. The van der Waals surface area contributed by atoms with Crippen LogP contribution in [0, 0.1) is 10.1 Å². The molecule has 0 bridgehead atoms. The molecule has 1 N–H and O–H groups in total. The van der Waals surface area contributed by atoms with Gasteiger partial charge in [-0.25, -0.2) is 4.68 Å². The first kappa shape index (κ1) is 22.5. The van der Waals surface area contributed by atoms with Gasteiger partial charge < -0.3 is 5.11 Å². The van der Waals surface area contributed by atoms with Crippen LogP contribution < -0.4 is 4.80 Å². The standard InChI is InChI=1S/C17H12Br2N4O3S.BrH/c1-20-17-22(21-8-11-6-12(18)7-14(19)16(11)24)15(9-27-17)10-2-4-13(5-3-10)23(25)26;/h2-9,24H,1H3;1H. The molecule has 3 rings (SSSR count). The van der Waals surface area contributed by atoms with E-state index in [4.69, 9.17) is 0 Å². The Morgan fingerprint density at radius 3 is 2.54 bits per heavy atom. The Balaban J connectivity index is 0.00000280. The van der Waals surface area contributed by atoms with Gasteiger partial charge in [0.2, 0.25) is 4.80 Å². The Labute approximate surface area is 191 Å². The highest BCUT2D eigenvalue weighted by Gasteiger charge is 2.11. The second kappa shape index (κ2) is 9.59. The van der Waals surface area contributed by atoms with Crippen molar-refractivity contribution in [3.8, 4) is 17.0 Å². The van der Waals surface area contributed by atoms with Crippen LogP contribution in [0.4, 0.5) is 5.69 Å². The van der Waals surface area contributed by atoms with Gasteiger partial charge in [0, 0.05) is 40.2 Å². The van der Waals surface area contributed by atoms with Crippen molar-refractivity contribution in [1.29, 1.82) is 0 Å². The molecule has 0 amide bonds. The van der Waals surface area contributed by atoms with E-state index in [1.54, 1.807) is 36.0 Å². The number of benzene rings is 2. The van der Waals surface area contributed by atoms with E-state index in [0.717, 1.165) is 15.7 Å². The van der Waals surface area contributed by atoms with Crippen LogP contribution in [-0.4, -0.2) is 28.0 Å². The van der Waals surface area contributed by atoms with E-state index in [1.165, 1.54) is 29.7 Å². The Bertz CT molecular complexity index is 1110. The largest absolute Gasteiger partial charge is 0.506 e. The van der Waals surface area contributed by atoms with E-state index in [9.17, 15) is 15.2 Å². The van der Waals surface area contributed by atoms with E-state index in [2.05, 4.69) is 42.0 Å². The van der Waals surface area contributed by atoms with Gasteiger partial charge in [-0.1, -0.05) is 15.9 Å². The normalized spacial score (nSPS) is 11.6. The molecule has 28 heavy (non-hydrogen) atoms. The van der Waals surface area contributed by atoms with Crippen LogP contribution in [0.3, 0.4) is 0 Å². The van der Waals surface area contributed by atoms with Crippen LogP contribution in [0.2, 0.25) is 0 Å². The molecule has 1 heterocycles. The first-order chi connectivity index (χ1) is 12.9. The van der Waals surface area contributed by atoms with Gasteiger partial charge in [0.05, 0.1) is 21.3 Å². The van der Waals surface area contributed by atoms with Crippen LogP contribution in [-0.2, 0) is 0 Å². The Hall–Kier alpha value is -1.82. The summed E-state index contributed by atoms with van der Waals surface area (Å²) in [6, 6.07) is 9.70. The molecule has 0 aliphatic rings. The third-order valence-electron chi connectivity index (χ3n) is 3.62. The number of hydrogen-bond acceptors (Lipinski definition) is 6. The predicted molar refractivity (Wildman–Crippen MR) is 123 cm³/mol. The average Bonchev–Trinajstić information content (AvgIpc) is 3.06. The van der Waals surface area contributed by atoms with Crippen LogP contribution >= 0.6 is 60.2 Å². The van der Waals surface area contributed by atoms with Crippen molar-refractivity contribution >= 4 is 72.1 Å². The van der Waals surface area contributed by atoms with Crippen LogP contribution in [0.15, 0.2) is 60.8 Å². The number of hydrogen-bond donors (Lipinski definition) is 1. The molecule has 0 aliphatic heterocycles. The molecule has 0 radical (unpaired) electrons. The van der Waals surface area contributed by atoms with Gasteiger partial charge in [-0.3, -0.25) is 15.1 Å². The maximum atomic E-state index is 10.8. The fraction of sp³-hybridized carbons (Fsp3) is 0.0588. The summed E-state index contributed by atoms with van der Waals surface area (Å²) < 4.78 is 2.96. The van der Waals surface area contributed by atoms with Gasteiger partial charge in [0.15, 0.2) is 0 Å². The molecule has 3 aromatic rings. The minimum absolute atomic E-state index is 0. The lowest BCUT2D eigenvalue weighted by Crippen LogP contribution is -2.11. The fourth-order valence-corrected chi connectivity index (χ4v) is 4.38. The van der Waals surface area contributed by atoms with Crippen molar-refractivity contribution in [2.45, 2.75) is 0 Å². The van der Waals surface area contributed by atoms with E-state index in [0.29, 0.717) is 14.8 Å². The Morgan fingerprint density at radius 1 is 1.25 bits per heavy atom. The summed E-state index contributed by atoms with van der Waals surface area (Å²) in [5.74, 6) is 0.0738. The summed E-state index contributed by atoms with van der Waals surface area (Å²) in [7, 11) is 1.66. The van der Waals surface area contributed by atoms with Crippen molar-refractivity contribution in [3.05, 3.63) is 71.2 Å². The molecule has 0 fully saturated rings.